The van der Waals surface area contributed by atoms with Crippen molar-refractivity contribution in [2.45, 2.75) is 42.7 Å². The van der Waals surface area contributed by atoms with E-state index in [4.69, 9.17) is 10.3 Å². The van der Waals surface area contributed by atoms with Gasteiger partial charge in [0.05, 0.1) is 10.8 Å². The van der Waals surface area contributed by atoms with Crippen LogP contribution in [0.4, 0.5) is 0 Å². The molecule has 0 bridgehead atoms. The van der Waals surface area contributed by atoms with Gasteiger partial charge in [-0.05, 0) is 31.7 Å². The van der Waals surface area contributed by atoms with Gasteiger partial charge < -0.3 is 10.3 Å². The second-order valence-electron chi connectivity index (χ2n) is 5.40. The van der Waals surface area contributed by atoms with Crippen LogP contribution in [0.15, 0.2) is 34.9 Å². The summed E-state index contributed by atoms with van der Waals surface area (Å²) in [4.78, 5) is 4.49. The van der Waals surface area contributed by atoms with E-state index in [0.29, 0.717) is 11.7 Å². The van der Waals surface area contributed by atoms with E-state index in [-0.39, 0.29) is 23.2 Å². The SMILES string of the molecule is CC(SCc1ccccc1)c1nc(C2(N)CCC2)no1.Cl. The fourth-order valence-corrected chi connectivity index (χ4v) is 3.12. The number of thioether (sulfide) groups is 1. The topological polar surface area (TPSA) is 64.9 Å². The molecule has 2 N–H and O–H groups in total. The number of hydrogen-bond acceptors (Lipinski definition) is 5. The Morgan fingerprint density at radius 2 is 2.05 bits per heavy atom. The summed E-state index contributed by atoms with van der Waals surface area (Å²) >= 11 is 1.80. The number of benzene rings is 1. The lowest BCUT2D eigenvalue weighted by molar-refractivity contribution is 0.229. The van der Waals surface area contributed by atoms with Crippen molar-refractivity contribution in [3.63, 3.8) is 0 Å². The van der Waals surface area contributed by atoms with Crippen molar-refractivity contribution in [3.8, 4) is 0 Å². The molecule has 114 valence electrons. The van der Waals surface area contributed by atoms with Gasteiger partial charge in [-0.2, -0.15) is 4.98 Å². The fraction of sp³-hybridized carbons (Fsp3) is 0.467. The number of aromatic nitrogens is 2. The van der Waals surface area contributed by atoms with Crippen LogP contribution in [-0.4, -0.2) is 10.1 Å². The highest BCUT2D eigenvalue weighted by molar-refractivity contribution is 7.98. The van der Waals surface area contributed by atoms with Crippen LogP contribution in [0.1, 0.15) is 48.7 Å². The van der Waals surface area contributed by atoms with Crippen LogP contribution in [0, 0.1) is 0 Å². The lowest BCUT2D eigenvalue weighted by Crippen LogP contribution is -2.44. The lowest BCUT2D eigenvalue weighted by atomic mass is 9.77. The normalized spacial score (nSPS) is 17.6. The molecule has 21 heavy (non-hydrogen) atoms. The van der Waals surface area contributed by atoms with Gasteiger partial charge in [-0.25, -0.2) is 0 Å². The summed E-state index contributed by atoms with van der Waals surface area (Å²) in [6, 6.07) is 10.4. The Bertz CT molecular complexity index is 571. The molecule has 1 aromatic heterocycles. The molecule has 1 aliphatic carbocycles. The molecule has 4 nitrogen and oxygen atoms in total. The molecule has 6 heteroatoms. The van der Waals surface area contributed by atoms with E-state index in [1.165, 1.54) is 5.56 Å². The van der Waals surface area contributed by atoms with Gasteiger partial charge in [0.25, 0.3) is 0 Å². The highest BCUT2D eigenvalue weighted by Gasteiger charge is 2.39. The first-order valence-corrected chi connectivity index (χ1v) is 8.01. The van der Waals surface area contributed by atoms with Gasteiger partial charge >= 0.3 is 0 Å². The third kappa shape index (κ3) is 3.59. The number of rotatable bonds is 5. The molecule has 1 aromatic carbocycles. The maximum atomic E-state index is 6.21. The first kappa shape index (κ1) is 16.3. The van der Waals surface area contributed by atoms with Crippen LogP contribution >= 0.6 is 24.2 Å². The minimum absolute atomic E-state index is 0. The fourth-order valence-electron chi connectivity index (χ4n) is 2.25. The Morgan fingerprint density at radius 3 is 2.67 bits per heavy atom. The van der Waals surface area contributed by atoms with Gasteiger partial charge in [0.1, 0.15) is 0 Å². The average Bonchev–Trinajstić information content (AvgIpc) is 2.93. The summed E-state index contributed by atoms with van der Waals surface area (Å²) in [5, 5.41) is 4.24. The van der Waals surface area contributed by atoms with Crippen LogP contribution in [0.3, 0.4) is 0 Å². The van der Waals surface area contributed by atoms with Crippen LogP contribution in [0.25, 0.3) is 0 Å². The van der Waals surface area contributed by atoms with Gasteiger partial charge in [-0.3, -0.25) is 0 Å². The molecule has 3 rings (SSSR count). The summed E-state index contributed by atoms with van der Waals surface area (Å²) in [6.07, 6.45) is 3.06. The predicted octanol–water partition coefficient (Wildman–Crippen LogP) is 3.82. The van der Waals surface area contributed by atoms with Gasteiger partial charge in [0.15, 0.2) is 5.82 Å². The van der Waals surface area contributed by atoms with Crippen molar-refractivity contribution in [2.75, 3.05) is 0 Å². The van der Waals surface area contributed by atoms with Crippen molar-refractivity contribution in [1.82, 2.24) is 10.1 Å². The molecule has 1 fully saturated rings. The van der Waals surface area contributed by atoms with Crippen molar-refractivity contribution < 1.29 is 4.52 Å². The molecule has 0 amide bonds. The van der Waals surface area contributed by atoms with E-state index in [1.807, 2.05) is 6.07 Å². The summed E-state index contributed by atoms with van der Waals surface area (Å²) in [5.41, 5.74) is 7.17. The minimum atomic E-state index is -0.342. The van der Waals surface area contributed by atoms with E-state index in [2.05, 4.69) is 41.3 Å². The number of nitrogens with two attached hydrogens (primary N) is 1. The zero-order valence-corrected chi connectivity index (χ0v) is 13.6. The summed E-state index contributed by atoms with van der Waals surface area (Å²) in [5.74, 6) is 2.29. The van der Waals surface area contributed by atoms with E-state index >= 15 is 0 Å². The third-order valence-corrected chi connectivity index (χ3v) is 5.03. The molecular formula is C15H20ClN3OS. The molecule has 1 unspecified atom stereocenters. The number of nitrogens with zero attached hydrogens (tertiary/aromatic N) is 2. The van der Waals surface area contributed by atoms with Gasteiger partial charge in [0, 0.05) is 5.75 Å². The van der Waals surface area contributed by atoms with E-state index in [0.717, 1.165) is 25.0 Å². The van der Waals surface area contributed by atoms with Crippen molar-refractivity contribution in [3.05, 3.63) is 47.6 Å². The number of hydrogen-bond donors (Lipinski definition) is 1. The molecule has 0 saturated heterocycles. The molecule has 2 aromatic rings. The molecule has 0 aliphatic heterocycles. The maximum Gasteiger partial charge on any atom is 0.239 e. The van der Waals surface area contributed by atoms with Crippen LogP contribution in [0.5, 0.6) is 0 Å². The molecule has 0 radical (unpaired) electrons. The highest BCUT2D eigenvalue weighted by Crippen LogP contribution is 2.38. The Hall–Kier alpha value is -1.04. The van der Waals surface area contributed by atoms with E-state index in [9.17, 15) is 0 Å². The van der Waals surface area contributed by atoms with Crippen LogP contribution in [0.2, 0.25) is 0 Å². The number of halogens is 1. The first-order chi connectivity index (χ1) is 9.67. The third-order valence-electron chi connectivity index (χ3n) is 3.82. The van der Waals surface area contributed by atoms with Crippen molar-refractivity contribution in [2.24, 2.45) is 5.73 Å². The summed E-state index contributed by atoms with van der Waals surface area (Å²) in [7, 11) is 0. The van der Waals surface area contributed by atoms with Crippen LogP contribution in [-0.2, 0) is 11.3 Å². The second kappa shape index (κ2) is 6.81. The summed E-state index contributed by atoms with van der Waals surface area (Å²) in [6.45, 7) is 2.09. The smallest absolute Gasteiger partial charge is 0.239 e. The van der Waals surface area contributed by atoms with Gasteiger partial charge in [0.2, 0.25) is 5.89 Å². The first-order valence-electron chi connectivity index (χ1n) is 6.96. The van der Waals surface area contributed by atoms with Crippen molar-refractivity contribution >= 4 is 24.2 Å². The molecule has 1 saturated carbocycles. The largest absolute Gasteiger partial charge is 0.338 e. The Kier molecular flexibility index (Phi) is 5.30. The second-order valence-corrected chi connectivity index (χ2v) is 6.73. The Morgan fingerprint density at radius 1 is 1.33 bits per heavy atom. The van der Waals surface area contributed by atoms with Gasteiger partial charge in [-0.1, -0.05) is 35.5 Å². The summed E-state index contributed by atoms with van der Waals surface area (Å²) < 4.78 is 5.37. The molecule has 1 aliphatic rings. The molecule has 1 atom stereocenters. The lowest BCUT2D eigenvalue weighted by Gasteiger charge is -2.34. The Balaban J connectivity index is 0.00000161. The molecular weight excluding hydrogens is 306 g/mol. The monoisotopic (exact) mass is 325 g/mol. The molecule has 1 heterocycles. The zero-order chi connectivity index (χ0) is 14.0. The van der Waals surface area contributed by atoms with Gasteiger partial charge in [-0.15, -0.1) is 24.2 Å². The average molecular weight is 326 g/mol. The minimum Gasteiger partial charge on any atom is -0.338 e. The molecule has 0 spiro atoms. The quantitative estimate of drug-likeness (QED) is 0.905. The highest BCUT2D eigenvalue weighted by atomic mass is 35.5. The standard InChI is InChI=1S/C15H19N3OS.ClH/c1-11(20-10-12-6-3-2-4-7-12)13-17-14(18-19-13)15(16)8-5-9-15;/h2-4,6-7,11H,5,8-10,16H2,1H3;1H. The van der Waals surface area contributed by atoms with E-state index in [1.54, 1.807) is 11.8 Å². The van der Waals surface area contributed by atoms with Crippen molar-refractivity contribution in [1.29, 1.82) is 0 Å². The Labute approximate surface area is 135 Å². The predicted molar refractivity (Wildman–Crippen MR) is 87.4 cm³/mol. The van der Waals surface area contributed by atoms with Crippen LogP contribution < -0.4 is 5.73 Å². The maximum absolute atomic E-state index is 6.21. The zero-order valence-electron chi connectivity index (χ0n) is 12.0. The van der Waals surface area contributed by atoms with E-state index < -0.39 is 0 Å².